The second kappa shape index (κ2) is 16.6. The molecule has 0 bridgehead atoms. The van der Waals surface area contributed by atoms with Gasteiger partial charge in [0.25, 0.3) is 0 Å². The van der Waals surface area contributed by atoms with Crippen LogP contribution in [0.25, 0.3) is 0 Å². The lowest BCUT2D eigenvalue weighted by molar-refractivity contribution is -0.149. The quantitative estimate of drug-likeness (QED) is 0.333. The molecule has 2 fully saturated rings. The van der Waals surface area contributed by atoms with E-state index in [2.05, 4.69) is 9.64 Å². The maximum Gasteiger partial charge on any atom is 0.332 e. The summed E-state index contributed by atoms with van der Waals surface area (Å²) in [5.41, 5.74) is 0. The first-order valence-electron chi connectivity index (χ1n) is 9.55. The minimum absolute atomic E-state index is 0.0309. The normalized spacial score (nSPS) is 18.1. The van der Waals surface area contributed by atoms with Crippen LogP contribution in [-0.2, 0) is 38.0 Å². The second-order valence-corrected chi connectivity index (χ2v) is 6.21. The van der Waals surface area contributed by atoms with Gasteiger partial charge in [-0.3, -0.25) is 14.6 Å². The van der Waals surface area contributed by atoms with Crippen molar-refractivity contribution < 1.29 is 38.0 Å². The van der Waals surface area contributed by atoms with Crippen LogP contribution < -0.4 is 0 Å². The van der Waals surface area contributed by atoms with Gasteiger partial charge >= 0.3 is 11.9 Å². The third-order valence-electron chi connectivity index (χ3n) is 4.04. The number of nitrogens with zero attached hydrogens (tertiary/aromatic N) is 2. The molecule has 0 saturated carbocycles. The van der Waals surface area contributed by atoms with Crippen molar-refractivity contribution in [2.75, 3.05) is 106 Å². The Labute approximate surface area is 166 Å². The molecule has 2 aliphatic heterocycles. The van der Waals surface area contributed by atoms with Crippen LogP contribution >= 0.6 is 0 Å². The number of carbonyl (C=O) groups is 2. The highest BCUT2D eigenvalue weighted by Gasteiger charge is 2.14. The standard InChI is InChI=1S/2C9H17NO4/c1-12-8-9(11)14-7-4-10-2-5-13-6-3-10;1-12-6-7-14-9(11)8-10-2-4-13-5-3-10/h2*2-8H2,1H3. The Bertz CT molecular complexity index is 412. The molecule has 2 rings (SSSR count). The third-order valence-corrected chi connectivity index (χ3v) is 4.04. The number of rotatable bonds is 10. The van der Waals surface area contributed by atoms with Crippen molar-refractivity contribution in [2.45, 2.75) is 0 Å². The van der Waals surface area contributed by atoms with Crippen molar-refractivity contribution in [3.05, 3.63) is 0 Å². The van der Waals surface area contributed by atoms with E-state index in [0.717, 1.165) is 45.9 Å². The highest BCUT2D eigenvalue weighted by Crippen LogP contribution is 1.97. The molecule has 2 saturated heterocycles. The molecule has 0 atom stereocenters. The minimum atomic E-state index is -0.305. The number of hydrogen-bond donors (Lipinski definition) is 0. The van der Waals surface area contributed by atoms with E-state index in [4.69, 9.17) is 23.7 Å². The Morgan fingerprint density at radius 3 is 1.89 bits per heavy atom. The molecule has 0 aromatic heterocycles. The van der Waals surface area contributed by atoms with Crippen molar-refractivity contribution >= 4 is 11.9 Å². The SMILES string of the molecule is COCC(=O)OCCN1CCOCC1.COCCOC(=O)CN1CCOCC1. The summed E-state index contributed by atoms with van der Waals surface area (Å²) in [6, 6.07) is 0. The molecule has 2 heterocycles. The topological polar surface area (TPSA) is 96.0 Å². The Balaban J connectivity index is 0.000000280. The molecule has 10 heteroatoms. The number of methoxy groups -OCH3 is 2. The first-order chi connectivity index (χ1) is 13.7. The molecule has 164 valence electrons. The Morgan fingerprint density at radius 2 is 1.32 bits per heavy atom. The van der Waals surface area contributed by atoms with Crippen molar-refractivity contribution in [1.82, 2.24) is 9.80 Å². The fourth-order valence-electron chi connectivity index (χ4n) is 2.50. The molecular formula is C18H34N2O8. The number of hydrogen-bond acceptors (Lipinski definition) is 10. The van der Waals surface area contributed by atoms with E-state index in [1.165, 1.54) is 7.11 Å². The van der Waals surface area contributed by atoms with Gasteiger partial charge in [0.15, 0.2) is 0 Å². The number of ether oxygens (including phenoxy) is 6. The van der Waals surface area contributed by atoms with Gasteiger partial charge in [0.2, 0.25) is 0 Å². The molecule has 0 aromatic rings. The zero-order valence-corrected chi connectivity index (χ0v) is 17.1. The molecule has 0 N–H and O–H groups in total. The van der Waals surface area contributed by atoms with Crippen molar-refractivity contribution in [3.63, 3.8) is 0 Å². The second-order valence-electron chi connectivity index (χ2n) is 6.21. The fraction of sp³-hybridized carbons (Fsp3) is 0.889. The Morgan fingerprint density at radius 1 is 0.750 bits per heavy atom. The number of morpholine rings is 2. The van der Waals surface area contributed by atoms with Gasteiger partial charge in [0.05, 0.1) is 39.6 Å². The summed E-state index contributed by atoms with van der Waals surface area (Å²) in [7, 11) is 3.05. The van der Waals surface area contributed by atoms with Crippen LogP contribution in [-0.4, -0.2) is 128 Å². The first-order valence-corrected chi connectivity index (χ1v) is 9.55. The summed E-state index contributed by atoms with van der Waals surface area (Å²) >= 11 is 0. The van der Waals surface area contributed by atoms with E-state index < -0.39 is 0 Å². The summed E-state index contributed by atoms with van der Waals surface area (Å²) in [5.74, 6) is -0.496. The van der Waals surface area contributed by atoms with Crippen LogP contribution in [0.15, 0.2) is 0 Å². The minimum Gasteiger partial charge on any atom is -0.463 e. The first kappa shape index (κ1) is 24.7. The fourth-order valence-corrected chi connectivity index (χ4v) is 2.50. The smallest absolute Gasteiger partial charge is 0.332 e. The lowest BCUT2D eigenvalue weighted by Gasteiger charge is -2.26. The van der Waals surface area contributed by atoms with Crippen molar-refractivity contribution in [3.8, 4) is 0 Å². The van der Waals surface area contributed by atoms with E-state index in [-0.39, 0.29) is 18.5 Å². The monoisotopic (exact) mass is 406 g/mol. The summed E-state index contributed by atoms with van der Waals surface area (Å²) in [6.45, 7) is 8.77. The van der Waals surface area contributed by atoms with Crippen LogP contribution in [0.2, 0.25) is 0 Å². The van der Waals surface area contributed by atoms with Gasteiger partial charge < -0.3 is 28.4 Å². The molecule has 28 heavy (non-hydrogen) atoms. The van der Waals surface area contributed by atoms with Gasteiger partial charge in [-0.1, -0.05) is 0 Å². The molecular weight excluding hydrogens is 372 g/mol. The van der Waals surface area contributed by atoms with Crippen molar-refractivity contribution in [2.24, 2.45) is 0 Å². The third kappa shape index (κ3) is 13.0. The highest BCUT2D eigenvalue weighted by atomic mass is 16.6. The van der Waals surface area contributed by atoms with Gasteiger partial charge in [-0.25, -0.2) is 4.79 Å². The summed E-state index contributed by atoms with van der Waals surface area (Å²) in [6.07, 6.45) is 0. The molecule has 0 radical (unpaired) electrons. The van der Waals surface area contributed by atoms with Gasteiger partial charge in [-0.2, -0.15) is 0 Å². The van der Waals surface area contributed by atoms with Crippen LogP contribution in [0.1, 0.15) is 0 Å². The maximum absolute atomic E-state index is 11.2. The molecule has 0 aliphatic carbocycles. The van der Waals surface area contributed by atoms with E-state index in [9.17, 15) is 9.59 Å². The molecule has 0 spiro atoms. The van der Waals surface area contributed by atoms with E-state index >= 15 is 0 Å². The van der Waals surface area contributed by atoms with Gasteiger partial charge in [-0.05, 0) is 0 Å². The Kier molecular flexibility index (Phi) is 14.7. The van der Waals surface area contributed by atoms with Crippen LogP contribution in [0.5, 0.6) is 0 Å². The van der Waals surface area contributed by atoms with E-state index in [0.29, 0.717) is 39.6 Å². The zero-order chi connectivity index (χ0) is 20.5. The highest BCUT2D eigenvalue weighted by molar-refractivity contribution is 5.71. The lowest BCUT2D eigenvalue weighted by Crippen LogP contribution is -2.40. The van der Waals surface area contributed by atoms with Crippen LogP contribution in [0, 0.1) is 0 Å². The van der Waals surface area contributed by atoms with Crippen LogP contribution in [0.4, 0.5) is 0 Å². The Hall–Kier alpha value is -1.30. The molecule has 2 aliphatic rings. The molecule has 10 nitrogen and oxygen atoms in total. The average Bonchev–Trinajstić information content (AvgIpc) is 2.70. The predicted octanol–water partition coefficient (Wildman–Crippen LogP) is -0.984. The number of carbonyl (C=O) groups excluding carboxylic acids is 2. The van der Waals surface area contributed by atoms with E-state index in [1.807, 2.05) is 4.90 Å². The molecule has 0 amide bonds. The largest absolute Gasteiger partial charge is 0.463 e. The summed E-state index contributed by atoms with van der Waals surface area (Å²) in [5, 5.41) is 0. The summed E-state index contributed by atoms with van der Waals surface area (Å²) in [4.78, 5) is 26.4. The van der Waals surface area contributed by atoms with Crippen LogP contribution in [0.3, 0.4) is 0 Å². The van der Waals surface area contributed by atoms with Crippen molar-refractivity contribution in [1.29, 1.82) is 0 Å². The van der Waals surface area contributed by atoms with E-state index in [1.54, 1.807) is 7.11 Å². The summed E-state index contributed by atoms with van der Waals surface area (Å²) < 4.78 is 29.6. The molecule has 0 aromatic carbocycles. The van der Waals surface area contributed by atoms with Gasteiger partial charge in [-0.15, -0.1) is 0 Å². The number of esters is 2. The van der Waals surface area contributed by atoms with Gasteiger partial charge in [0, 0.05) is 46.9 Å². The maximum atomic E-state index is 11.2. The predicted molar refractivity (Wildman–Crippen MR) is 100 cm³/mol. The average molecular weight is 406 g/mol. The zero-order valence-electron chi connectivity index (χ0n) is 17.1. The lowest BCUT2D eigenvalue weighted by atomic mass is 10.4. The molecule has 0 unspecified atom stereocenters. The van der Waals surface area contributed by atoms with Gasteiger partial charge in [0.1, 0.15) is 19.8 Å².